The van der Waals surface area contributed by atoms with Crippen LogP contribution in [0.15, 0.2) is 48.5 Å². The molecule has 0 aliphatic carbocycles. The lowest BCUT2D eigenvalue weighted by Crippen LogP contribution is -2.40. The monoisotopic (exact) mass is 357 g/mol. The van der Waals surface area contributed by atoms with E-state index in [1.54, 1.807) is 55.5 Å². The van der Waals surface area contributed by atoms with Crippen molar-refractivity contribution in [2.45, 2.75) is 19.0 Å². The normalized spacial score (nSPS) is 19.8. The molecule has 0 spiro atoms. The molecule has 1 atom stereocenters. The van der Waals surface area contributed by atoms with Crippen molar-refractivity contribution in [1.82, 2.24) is 10.2 Å². The SMILES string of the molecule is CC1(c2ccc(Cl)cc2)NC(=O)N(Cc2cccc(C(N)=O)c2)C1=O. The lowest BCUT2D eigenvalue weighted by atomic mass is 9.92. The van der Waals surface area contributed by atoms with Crippen molar-refractivity contribution in [3.8, 4) is 0 Å². The van der Waals surface area contributed by atoms with Crippen LogP contribution in [-0.4, -0.2) is 22.7 Å². The maximum atomic E-state index is 12.9. The number of carbonyl (C=O) groups is 3. The Balaban J connectivity index is 1.88. The molecule has 0 bridgehead atoms. The molecule has 0 aromatic heterocycles. The first-order valence-corrected chi connectivity index (χ1v) is 7.98. The van der Waals surface area contributed by atoms with Crippen LogP contribution in [0.25, 0.3) is 0 Å². The quantitative estimate of drug-likeness (QED) is 0.823. The van der Waals surface area contributed by atoms with Crippen LogP contribution < -0.4 is 11.1 Å². The predicted molar refractivity (Wildman–Crippen MR) is 92.8 cm³/mol. The third kappa shape index (κ3) is 3.08. The van der Waals surface area contributed by atoms with Gasteiger partial charge in [-0.2, -0.15) is 0 Å². The number of amides is 4. The molecule has 2 aromatic rings. The van der Waals surface area contributed by atoms with Gasteiger partial charge < -0.3 is 11.1 Å². The highest BCUT2D eigenvalue weighted by Crippen LogP contribution is 2.30. The lowest BCUT2D eigenvalue weighted by Gasteiger charge is -2.22. The minimum absolute atomic E-state index is 0.0506. The molecule has 128 valence electrons. The van der Waals surface area contributed by atoms with Gasteiger partial charge in [-0.3, -0.25) is 14.5 Å². The van der Waals surface area contributed by atoms with E-state index in [0.29, 0.717) is 21.7 Å². The number of carbonyl (C=O) groups excluding carboxylic acids is 3. The minimum Gasteiger partial charge on any atom is -0.366 e. The van der Waals surface area contributed by atoms with E-state index in [-0.39, 0.29) is 12.5 Å². The van der Waals surface area contributed by atoms with Crippen molar-refractivity contribution >= 4 is 29.4 Å². The smallest absolute Gasteiger partial charge is 0.325 e. The summed E-state index contributed by atoms with van der Waals surface area (Å²) < 4.78 is 0. The summed E-state index contributed by atoms with van der Waals surface area (Å²) in [7, 11) is 0. The Morgan fingerprint density at radius 3 is 2.52 bits per heavy atom. The maximum absolute atomic E-state index is 12.9. The fourth-order valence-corrected chi connectivity index (χ4v) is 2.95. The highest BCUT2D eigenvalue weighted by Gasteiger charge is 2.48. The summed E-state index contributed by atoms with van der Waals surface area (Å²) in [5.74, 6) is -0.936. The van der Waals surface area contributed by atoms with Crippen LogP contribution in [0.4, 0.5) is 4.79 Å². The van der Waals surface area contributed by atoms with Crippen LogP contribution >= 0.6 is 11.6 Å². The topological polar surface area (TPSA) is 92.5 Å². The second kappa shape index (κ2) is 6.22. The van der Waals surface area contributed by atoms with Crippen LogP contribution in [0.3, 0.4) is 0 Å². The van der Waals surface area contributed by atoms with Crippen molar-refractivity contribution in [3.63, 3.8) is 0 Å². The number of rotatable bonds is 4. The highest BCUT2D eigenvalue weighted by molar-refractivity contribution is 6.30. The summed E-state index contributed by atoms with van der Waals surface area (Å²) in [6, 6.07) is 12.8. The summed E-state index contributed by atoms with van der Waals surface area (Å²) in [6.07, 6.45) is 0. The Kier molecular flexibility index (Phi) is 4.22. The maximum Gasteiger partial charge on any atom is 0.325 e. The fourth-order valence-electron chi connectivity index (χ4n) is 2.82. The average Bonchev–Trinajstić information content (AvgIpc) is 2.80. The van der Waals surface area contributed by atoms with Crippen molar-refractivity contribution < 1.29 is 14.4 Å². The van der Waals surface area contributed by atoms with Crippen LogP contribution in [0.1, 0.15) is 28.4 Å². The van der Waals surface area contributed by atoms with Crippen molar-refractivity contribution in [1.29, 1.82) is 0 Å². The molecule has 25 heavy (non-hydrogen) atoms. The summed E-state index contributed by atoms with van der Waals surface area (Å²) >= 11 is 5.88. The van der Waals surface area contributed by atoms with Gasteiger partial charge in [-0.05, 0) is 42.3 Å². The molecule has 0 radical (unpaired) electrons. The molecule has 1 saturated heterocycles. The van der Waals surface area contributed by atoms with Gasteiger partial charge in [-0.1, -0.05) is 35.9 Å². The number of nitrogens with one attached hydrogen (secondary N) is 1. The van der Waals surface area contributed by atoms with E-state index in [2.05, 4.69) is 5.32 Å². The van der Waals surface area contributed by atoms with Gasteiger partial charge in [0.05, 0.1) is 6.54 Å². The van der Waals surface area contributed by atoms with Crippen LogP contribution in [0.5, 0.6) is 0 Å². The number of benzene rings is 2. The van der Waals surface area contributed by atoms with Crippen LogP contribution in [-0.2, 0) is 16.9 Å². The van der Waals surface area contributed by atoms with Gasteiger partial charge in [-0.25, -0.2) is 4.79 Å². The van der Waals surface area contributed by atoms with E-state index in [0.717, 1.165) is 4.90 Å². The molecule has 3 N–H and O–H groups in total. The van der Waals surface area contributed by atoms with E-state index in [1.807, 2.05) is 0 Å². The fraction of sp³-hybridized carbons (Fsp3) is 0.167. The second-order valence-corrected chi connectivity index (χ2v) is 6.45. The molecule has 1 fully saturated rings. The molecule has 1 unspecified atom stereocenters. The highest BCUT2D eigenvalue weighted by atomic mass is 35.5. The minimum atomic E-state index is -1.16. The van der Waals surface area contributed by atoms with Crippen LogP contribution in [0, 0.1) is 0 Å². The third-order valence-electron chi connectivity index (χ3n) is 4.25. The van der Waals surface area contributed by atoms with Gasteiger partial charge in [0, 0.05) is 10.6 Å². The number of hydrogen-bond acceptors (Lipinski definition) is 3. The van der Waals surface area contributed by atoms with Crippen molar-refractivity contribution in [2.24, 2.45) is 5.73 Å². The first-order valence-electron chi connectivity index (χ1n) is 7.60. The second-order valence-electron chi connectivity index (χ2n) is 6.02. The number of urea groups is 1. The third-order valence-corrected chi connectivity index (χ3v) is 4.50. The van der Waals surface area contributed by atoms with Gasteiger partial charge in [0.1, 0.15) is 5.54 Å². The number of nitrogens with zero attached hydrogens (tertiary/aromatic N) is 1. The van der Waals surface area contributed by atoms with E-state index < -0.39 is 17.5 Å². The van der Waals surface area contributed by atoms with E-state index in [1.165, 1.54) is 0 Å². The Morgan fingerprint density at radius 1 is 1.20 bits per heavy atom. The number of hydrogen-bond donors (Lipinski definition) is 2. The van der Waals surface area contributed by atoms with Gasteiger partial charge in [0.2, 0.25) is 5.91 Å². The number of primary amides is 1. The molecular formula is C18H16ClN3O3. The summed E-state index contributed by atoms with van der Waals surface area (Å²) in [4.78, 5) is 37.6. The molecule has 4 amide bonds. The zero-order valence-corrected chi connectivity index (χ0v) is 14.2. The van der Waals surface area contributed by atoms with E-state index in [4.69, 9.17) is 17.3 Å². The lowest BCUT2D eigenvalue weighted by molar-refractivity contribution is -0.131. The first-order chi connectivity index (χ1) is 11.8. The largest absolute Gasteiger partial charge is 0.366 e. The Bertz CT molecular complexity index is 866. The molecule has 1 aliphatic rings. The summed E-state index contributed by atoms with van der Waals surface area (Å²) in [5.41, 5.74) is 5.71. The molecule has 6 nitrogen and oxygen atoms in total. The van der Waals surface area contributed by atoms with E-state index in [9.17, 15) is 14.4 Å². The van der Waals surface area contributed by atoms with Gasteiger partial charge in [-0.15, -0.1) is 0 Å². The van der Waals surface area contributed by atoms with Gasteiger partial charge in [0.15, 0.2) is 0 Å². The molecule has 2 aromatic carbocycles. The Labute approximate surface area is 149 Å². The average molecular weight is 358 g/mol. The van der Waals surface area contributed by atoms with Crippen molar-refractivity contribution in [3.05, 3.63) is 70.2 Å². The molecule has 1 aliphatic heterocycles. The molecule has 7 heteroatoms. The predicted octanol–water partition coefficient (Wildman–Crippen LogP) is 2.41. The Hall–Kier alpha value is -2.86. The number of nitrogens with two attached hydrogens (primary N) is 1. The molecule has 0 saturated carbocycles. The number of halogens is 1. The zero-order valence-electron chi connectivity index (χ0n) is 13.5. The van der Waals surface area contributed by atoms with Crippen LogP contribution in [0.2, 0.25) is 5.02 Å². The van der Waals surface area contributed by atoms with Crippen molar-refractivity contribution in [2.75, 3.05) is 0 Å². The molecule has 3 rings (SSSR count). The first kappa shape index (κ1) is 17.0. The summed E-state index contributed by atoms with van der Waals surface area (Å²) in [6.45, 7) is 1.70. The van der Waals surface area contributed by atoms with Gasteiger partial charge in [0.25, 0.3) is 5.91 Å². The van der Waals surface area contributed by atoms with Gasteiger partial charge >= 0.3 is 6.03 Å². The van der Waals surface area contributed by atoms with E-state index >= 15 is 0 Å². The zero-order chi connectivity index (χ0) is 18.2. The standard InChI is InChI=1S/C18H16ClN3O3/c1-18(13-5-7-14(19)8-6-13)16(24)22(17(25)21-18)10-11-3-2-4-12(9-11)15(20)23/h2-9H,10H2,1H3,(H2,20,23)(H,21,25). The summed E-state index contributed by atoms with van der Waals surface area (Å²) in [5, 5.41) is 3.27. The number of imide groups is 1. The molecular weight excluding hydrogens is 342 g/mol. The molecule has 1 heterocycles. The Morgan fingerprint density at radius 2 is 1.88 bits per heavy atom.